The number of amides is 2. The summed E-state index contributed by atoms with van der Waals surface area (Å²) >= 11 is 0. The van der Waals surface area contributed by atoms with E-state index in [9.17, 15) is 9.59 Å². The van der Waals surface area contributed by atoms with Crippen molar-refractivity contribution < 1.29 is 14.3 Å². The Kier molecular flexibility index (Phi) is 12.5. The maximum absolute atomic E-state index is 11.4. The number of rotatable bonds is 12. The highest BCUT2D eigenvalue weighted by Crippen LogP contribution is 2.01. The van der Waals surface area contributed by atoms with E-state index in [0.717, 1.165) is 25.7 Å². The molecule has 0 fully saturated rings. The molecule has 2 amide bonds. The normalized spacial score (nSPS) is 10.2. The van der Waals surface area contributed by atoms with Gasteiger partial charge in [-0.2, -0.15) is 0 Å². The van der Waals surface area contributed by atoms with Crippen LogP contribution in [-0.2, 0) is 14.3 Å². The molecular weight excluding hydrogens is 246 g/mol. The molecule has 112 valence electrons. The summed E-state index contributed by atoms with van der Waals surface area (Å²) in [7, 11) is 1.58. The van der Waals surface area contributed by atoms with Gasteiger partial charge in [0.2, 0.25) is 11.8 Å². The molecule has 0 atom stereocenters. The topological polar surface area (TPSA) is 93.5 Å². The van der Waals surface area contributed by atoms with E-state index in [1.165, 1.54) is 0 Å². The fourth-order valence-electron chi connectivity index (χ4n) is 1.57. The number of carbonyl (C=O) groups is 2. The lowest BCUT2D eigenvalue weighted by atomic mass is 10.1. The number of carbonyl (C=O) groups excluding carboxylic acids is 2. The van der Waals surface area contributed by atoms with Crippen LogP contribution in [0.3, 0.4) is 0 Å². The first kappa shape index (κ1) is 17.9. The number of nitrogens with one attached hydrogen (secondary N) is 2. The maximum Gasteiger partial charge on any atom is 0.221 e. The Hall–Kier alpha value is -1.14. The van der Waals surface area contributed by atoms with Crippen LogP contribution in [0.5, 0.6) is 0 Å². The highest BCUT2D eigenvalue weighted by atomic mass is 16.5. The van der Waals surface area contributed by atoms with Crippen molar-refractivity contribution >= 4 is 11.8 Å². The van der Waals surface area contributed by atoms with Crippen molar-refractivity contribution in [1.82, 2.24) is 10.6 Å². The summed E-state index contributed by atoms with van der Waals surface area (Å²) in [5, 5.41) is 5.44. The van der Waals surface area contributed by atoms with Gasteiger partial charge >= 0.3 is 0 Å². The summed E-state index contributed by atoms with van der Waals surface area (Å²) in [6, 6.07) is 0. The molecule has 0 spiro atoms. The standard InChI is InChI=1S/C13H27N3O3/c1-19-11-10-16-13(18)7-9-15-12(17)6-4-2-3-5-8-14/h2-11,14H2,1H3,(H,15,17)(H,16,18). The molecule has 4 N–H and O–H groups in total. The van der Waals surface area contributed by atoms with Gasteiger partial charge in [0, 0.05) is 33.0 Å². The van der Waals surface area contributed by atoms with Gasteiger partial charge in [-0.15, -0.1) is 0 Å². The van der Waals surface area contributed by atoms with E-state index in [2.05, 4.69) is 10.6 Å². The summed E-state index contributed by atoms with van der Waals surface area (Å²) in [5.74, 6) is -0.0577. The van der Waals surface area contributed by atoms with Gasteiger partial charge in [0.1, 0.15) is 0 Å². The van der Waals surface area contributed by atoms with Gasteiger partial charge in [-0.25, -0.2) is 0 Å². The van der Waals surface area contributed by atoms with Crippen LogP contribution in [0.25, 0.3) is 0 Å². The van der Waals surface area contributed by atoms with E-state index in [-0.39, 0.29) is 11.8 Å². The summed E-state index contributed by atoms with van der Waals surface area (Å²) in [4.78, 5) is 22.7. The largest absolute Gasteiger partial charge is 0.383 e. The molecule has 0 radical (unpaired) electrons. The Balaban J connectivity index is 3.34. The molecule has 0 unspecified atom stereocenters. The molecule has 0 aromatic heterocycles. The molecule has 0 saturated carbocycles. The molecule has 6 nitrogen and oxygen atoms in total. The zero-order valence-electron chi connectivity index (χ0n) is 11.9. The van der Waals surface area contributed by atoms with Crippen molar-refractivity contribution in [3.8, 4) is 0 Å². The SMILES string of the molecule is COCCNC(=O)CCNC(=O)CCCCCCN. The lowest BCUT2D eigenvalue weighted by molar-refractivity contribution is -0.122. The van der Waals surface area contributed by atoms with Crippen molar-refractivity contribution in [2.24, 2.45) is 5.73 Å². The predicted octanol–water partition coefficient (Wildman–Crippen LogP) is 0.165. The third-order valence-electron chi connectivity index (χ3n) is 2.66. The third kappa shape index (κ3) is 13.1. The second-order valence-electron chi connectivity index (χ2n) is 4.40. The van der Waals surface area contributed by atoms with Crippen LogP contribution >= 0.6 is 0 Å². The molecule has 0 aliphatic rings. The molecule has 6 heteroatoms. The molecule has 19 heavy (non-hydrogen) atoms. The summed E-state index contributed by atoms with van der Waals surface area (Å²) < 4.78 is 4.81. The minimum absolute atomic E-state index is 0.0115. The van der Waals surface area contributed by atoms with E-state index in [1.54, 1.807) is 7.11 Å². The van der Waals surface area contributed by atoms with Crippen LogP contribution in [0.4, 0.5) is 0 Å². The number of hydrogen-bond acceptors (Lipinski definition) is 4. The van der Waals surface area contributed by atoms with E-state index in [1.807, 2.05) is 0 Å². The number of unbranched alkanes of at least 4 members (excludes halogenated alkanes) is 3. The predicted molar refractivity (Wildman–Crippen MR) is 74.7 cm³/mol. The Morgan fingerprint density at radius 1 is 0.947 bits per heavy atom. The van der Waals surface area contributed by atoms with Gasteiger partial charge in [0.05, 0.1) is 6.61 Å². The first-order chi connectivity index (χ1) is 9.20. The highest BCUT2D eigenvalue weighted by molar-refractivity contribution is 5.78. The molecule has 0 aliphatic carbocycles. The second kappa shape index (κ2) is 13.3. The quantitative estimate of drug-likeness (QED) is 0.442. The first-order valence-corrected chi connectivity index (χ1v) is 6.93. The van der Waals surface area contributed by atoms with Gasteiger partial charge < -0.3 is 21.1 Å². The number of hydrogen-bond donors (Lipinski definition) is 3. The molecule has 0 heterocycles. The van der Waals surface area contributed by atoms with Gasteiger partial charge in [0.25, 0.3) is 0 Å². The zero-order valence-corrected chi connectivity index (χ0v) is 11.9. The summed E-state index contributed by atoms with van der Waals surface area (Å²) in [6.07, 6.45) is 4.83. The molecule has 0 saturated heterocycles. The van der Waals surface area contributed by atoms with Crippen LogP contribution in [0.1, 0.15) is 38.5 Å². The van der Waals surface area contributed by atoms with Crippen LogP contribution < -0.4 is 16.4 Å². The van der Waals surface area contributed by atoms with Crippen LogP contribution in [0.15, 0.2) is 0 Å². The fourth-order valence-corrected chi connectivity index (χ4v) is 1.57. The Morgan fingerprint density at radius 3 is 2.26 bits per heavy atom. The van der Waals surface area contributed by atoms with Crippen LogP contribution in [0, 0.1) is 0 Å². The van der Waals surface area contributed by atoms with Gasteiger partial charge in [-0.05, 0) is 19.4 Å². The number of nitrogens with two attached hydrogens (primary N) is 1. The third-order valence-corrected chi connectivity index (χ3v) is 2.66. The lowest BCUT2D eigenvalue weighted by Gasteiger charge is -2.06. The van der Waals surface area contributed by atoms with E-state index in [4.69, 9.17) is 10.5 Å². The molecule has 0 bridgehead atoms. The number of methoxy groups -OCH3 is 1. The average Bonchev–Trinajstić information content (AvgIpc) is 2.39. The lowest BCUT2D eigenvalue weighted by Crippen LogP contribution is -2.32. The molecule has 0 aliphatic heterocycles. The maximum atomic E-state index is 11.4. The minimum atomic E-state index is -0.0692. The average molecular weight is 273 g/mol. The zero-order chi connectivity index (χ0) is 14.3. The Labute approximate surface area is 115 Å². The Morgan fingerprint density at radius 2 is 1.58 bits per heavy atom. The molecule has 0 aromatic carbocycles. The van der Waals surface area contributed by atoms with Crippen molar-refractivity contribution in [3.05, 3.63) is 0 Å². The molecular formula is C13H27N3O3. The monoisotopic (exact) mass is 273 g/mol. The Bertz CT molecular complexity index is 247. The van der Waals surface area contributed by atoms with Crippen LogP contribution in [0.2, 0.25) is 0 Å². The first-order valence-electron chi connectivity index (χ1n) is 6.93. The van der Waals surface area contributed by atoms with Gasteiger partial charge in [-0.1, -0.05) is 12.8 Å². The molecule has 0 aromatic rings. The van der Waals surface area contributed by atoms with Gasteiger partial charge in [-0.3, -0.25) is 9.59 Å². The van der Waals surface area contributed by atoms with E-state index in [0.29, 0.717) is 39.1 Å². The second-order valence-corrected chi connectivity index (χ2v) is 4.40. The fraction of sp³-hybridized carbons (Fsp3) is 0.846. The van der Waals surface area contributed by atoms with E-state index >= 15 is 0 Å². The van der Waals surface area contributed by atoms with Crippen LogP contribution in [-0.4, -0.2) is 45.2 Å². The van der Waals surface area contributed by atoms with E-state index < -0.39 is 0 Å². The van der Waals surface area contributed by atoms with Crippen molar-refractivity contribution in [1.29, 1.82) is 0 Å². The number of ether oxygens (including phenoxy) is 1. The minimum Gasteiger partial charge on any atom is -0.383 e. The highest BCUT2D eigenvalue weighted by Gasteiger charge is 2.03. The van der Waals surface area contributed by atoms with Crippen molar-refractivity contribution in [2.75, 3.05) is 33.4 Å². The summed E-state index contributed by atoms with van der Waals surface area (Å²) in [6.45, 7) is 2.11. The molecule has 0 rings (SSSR count). The summed E-state index contributed by atoms with van der Waals surface area (Å²) in [5.41, 5.74) is 5.38. The van der Waals surface area contributed by atoms with Gasteiger partial charge in [0.15, 0.2) is 0 Å². The smallest absolute Gasteiger partial charge is 0.221 e. The van der Waals surface area contributed by atoms with Crippen molar-refractivity contribution in [2.45, 2.75) is 38.5 Å². The van der Waals surface area contributed by atoms with Crippen molar-refractivity contribution in [3.63, 3.8) is 0 Å².